The zero-order valence-corrected chi connectivity index (χ0v) is 13.8. The maximum Gasteiger partial charge on any atom is 0.271 e. The number of likely N-dealkylation sites (N-methyl/N-ethyl adjacent to an activating group) is 1. The maximum absolute atomic E-state index is 12.2. The Morgan fingerprint density at radius 2 is 1.91 bits per heavy atom. The van der Waals surface area contributed by atoms with E-state index in [0.717, 1.165) is 19.5 Å². The van der Waals surface area contributed by atoms with Crippen molar-refractivity contribution in [2.24, 2.45) is 0 Å². The van der Waals surface area contributed by atoms with Crippen molar-refractivity contribution in [2.45, 2.75) is 26.3 Å². The van der Waals surface area contributed by atoms with E-state index in [1.165, 1.54) is 18.0 Å². The summed E-state index contributed by atoms with van der Waals surface area (Å²) in [4.78, 5) is 22.5. The molecule has 0 aliphatic carbocycles. The van der Waals surface area contributed by atoms with Gasteiger partial charge in [-0.25, -0.2) is 4.98 Å². The molecule has 1 N–H and O–H groups in total. The van der Waals surface area contributed by atoms with Gasteiger partial charge in [-0.1, -0.05) is 44.2 Å². The van der Waals surface area contributed by atoms with Gasteiger partial charge in [-0.05, 0) is 25.1 Å². The SMILES string of the molecule is CCN(CC)C(CNC(=O)c1cnccn1)Cc1ccccc1. The number of amides is 1. The predicted octanol–water partition coefficient (Wildman–Crippen LogP) is 2.16. The van der Waals surface area contributed by atoms with Crippen molar-refractivity contribution in [3.63, 3.8) is 0 Å². The van der Waals surface area contributed by atoms with E-state index in [9.17, 15) is 4.79 Å². The number of benzene rings is 1. The van der Waals surface area contributed by atoms with Crippen LogP contribution in [0.1, 0.15) is 29.9 Å². The smallest absolute Gasteiger partial charge is 0.271 e. The van der Waals surface area contributed by atoms with Crippen molar-refractivity contribution < 1.29 is 4.79 Å². The molecule has 0 aliphatic heterocycles. The molecule has 0 saturated carbocycles. The zero-order valence-electron chi connectivity index (χ0n) is 13.8. The van der Waals surface area contributed by atoms with E-state index in [-0.39, 0.29) is 11.9 Å². The molecule has 0 spiro atoms. The highest BCUT2D eigenvalue weighted by molar-refractivity contribution is 5.91. The molecule has 2 aromatic rings. The predicted molar refractivity (Wildman–Crippen MR) is 91.2 cm³/mol. The molecule has 122 valence electrons. The van der Waals surface area contributed by atoms with E-state index in [1.54, 1.807) is 6.20 Å². The van der Waals surface area contributed by atoms with Crippen LogP contribution in [0.3, 0.4) is 0 Å². The summed E-state index contributed by atoms with van der Waals surface area (Å²) in [6.45, 7) is 6.79. The van der Waals surface area contributed by atoms with Gasteiger partial charge in [0, 0.05) is 25.0 Å². The van der Waals surface area contributed by atoms with Crippen LogP contribution in [0.2, 0.25) is 0 Å². The molecule has 2 rings (SSSR count). The van der Waals surface area contributed by atoms with Gasteiger partial charge in [0.05, 0.1) is 6.20 Å². The number of nitrogens with zero attached hydrogens (tertiary/aromatic N) is 3. The average molecular weight is 312 g/mol. The lowest BCUT2D eigenvalue weighted by Gasteiger charge is -2.30. The monoisotopic (exact) mass is 312 g/mol. The molecule has 5 nitrogen and oxygen atoms in total. The van der Waals surface area contributed by atoms with Crippen molar-refractivity contribution in [1.29, 1.82) is 0 Å². The summed E-state index contributed by atoms with van der Waals surface area (Å²) in [5, 5.41) is 2.99. The van der Waals surface area contributed by atoms with Crippen LogP contribution in [0.25, 0.3) is 0 Å². The van der Waals surface area contributed by atoms with Gasteiger partial charge < -0.3 is 5.32 Å². The third-order valence-electron chi connectivity index (χ3n) is 3.94. The average Bonchev–Trinajstić information content (AvgIpc) is 2.62. The highest BCUT2D eigenvalue weighted by Gasteiger charge is 2.18. The van der Waals surface area contributed by atoms with Gasteiger partial charge in [0.2, 0.25) is 0 Å². The Hall–Kier alpha value is -2.27. The second-order valence-electron chi connectivity index (χ2n) is 5.37. The Kier molecular flexibility index (Phi) is 6.69. The van der Waals surface area contributed by atoms with Gasteiger partial charge in [-0.2, -0.15) is 0 Å². The van der Waals surface area contributed by atoms with Crippen LogP contribution < -0.4 is 5.32 Å². The lowest BCUT2D eigenvalue weighted by molar-refractivity contribution is 0.0929. The maximum atomic E-state index is 12.2. The molecule has 1 aromatic carbocycles. The Morgan fingerprint density at radius 1 is 1.17 bits per heavy atom. The first-order valence-electron chi connectivity index (χ1n) is 8.06. The fourth-order valence-corrected chi connectivity index (χ4v) is 2.67. The second-order valence-corrected chi connectivity index (χ2v) is 5.37. The van der Waals surface area contributed by atoms with E-state index in [1.807, 2.05) is 18.2 Å². The van der Waals surface area contributed by atoms with E-state index >= 15 is 0 Å². The molecule has 0 bridgehead atoms. The Bertz CT molecular complexity index is 584. The first kappa shape index (κ1) is 17.1. The fraction of sp³-hybridized carbons (Fsp3) is 0.389. The summed E-state index contributed by atoms with van der Waals surface area (Å²) in [5.41, 5.74) is 1.63. The van der Waals surface area contributed by atoms with Gasteiger partial charge >= 0.3 is 0 Å². The van der Waals surface area contributed by atoms with Crippen molar-refractivity contribution >= 4 is 5.91 Å². The van der Waals surface area contributed by atoms with Crippen LogP contribution in [0.15, 0.2) is 48.9 Å². The highest BCUT2D eigenvalue weighted by atomic mass is 16.1. The third kappa shape index (κ3) is 5.14. The normalized spacial score (nSPS) is 12.1. The molecular formula is C18H24N4O. The number of carbonyl (C=O) groups is 1. The number of nitrogens with one attached hydrogen (secondary N) is 1. The first-order valence-corrected chi connectivity index (χ1v) is 8.06. The highest BCUT2D eigenvalue weighted by Crippen LogP contribution is 2.09. The zero-order chi connectivity index (χ0) is 16.5. The largest absolute Gasteiger partial charge is 0.349 e. The molecule has 0 fully saturated rings. The molecular weight excluding hydrogens is 288 g/mol. The molecule has 0 radical (unpaired) electrons. The van der Waals surface area contributed by atoms with Crippen LogP contribution in [0.5, 0.6) is 0 Å². The van der Waals surface area contributed by atoms with E-state index < -0.39 is 0 Å². The van der Waals surface area contributed by atoms with Crippen molar-refractivity contribution in [1.82, 2.24) is 20.2 Å². The summed E-state index contributed by atoms with van der Waals surface area (Å²) >= 11 is 0. The van der Waals surface area contributed by atoms with Crippen LogP contribution in [0.4, 0.5) is 0 Å². The number of aromatic nitrogens is 2. The summed E-state index contributed by atoms with van der Waals surface area (Å²) in [6.07, 6.45) is 5.48. The molecule has 0 saturated heterocycles. The number of rotatable bonds is 8. The van der Waals surface area contributed by atoms with Crippen LogP contribution in [0, 0.1) is 0 Å². The molecule has 1 heterocycles. The Morgan fingerprint density at radius 3 is 2.52 bits per heavy atom. The number of hydrogen-bond acceptors (Lipinski definition) is 4. The lowest BCUT2D eigenvalue weighted by Crippen LogP contribution is -2.45. The van der Waals surface area contributed by atoms with E-state index in [4.69, 9.17) is 0 Å². The molecule has 23 heavy (non-hydrogen) atoms. The minimum atomic E-state index is -0.177. The molecule has 1 aromatic heterocycles. The van der Waals surface area contributed by atoms with Crippen molar-refractivity contribution in [3.05, 3.63) is 60.2 Å². The van der Waals surface area contributed by atoms with Gasteiger partial charge in [-0.15, -0.1) is 0 Å². The van der Waals surface area contributed by atoms with Crippen LogP contribution in [-0.2, 0) is 6.42 Å². The summed E-state index contributed by atoms with van der Waals surface area (Å²) < 4.78 is 0. The lowest BCUT2D eigenvalue weighted by atomic mass is 10.0. The van der Waals surface area contributed by atoms with E-state index in [2.05, 4.69) is 46.2 Å². The van der Waals surface area contributed by atoms with E-state index in [0.29, 0.717) is 12.2 Å². The molecule has 5 heteroatoms. The standard InChI is InChI=1S/C18H24N4O/c1-3-22(4-2)16(12-15-8-6-5-7-9-15)13-21-18(23)17-14-19-10-11-20-17/h5-11,14,16H,3-4,12-13H2,1-2H3,(H,21,23). The number of hydrogen-bond donors (Lipinski definition) is 1. The molecule has 1 amide bonds. The van der Waals surface area contributed by atoms with Gasteiger partial charge in [0.15, 0.2) is 0 Å². The minimum absolute atomic E-state index is 0.177. The molecule has 1 unspecified atom stereocenters. The first-order chi connectivity index (χ1) is 11.2. The van der Waals surface area contributed by atoms with Gasteiger partial charge in [0.1, 0.15) is 5.69 Å². The van der Waals surface area contributed by atoms with Crippen LogP contribution in [-0.4, -0.2) is 46.5 Å². The third-order valence-corrected chi connectivity index (χ3v) is 3.94. The van der Waals surface area contributed by atoms with Gasteiger partial charge in [0.25, 0.3) is 5.91 Å². The quantitative estimate of drug-likeness (QED) is 0.811. The van der Waals surface area contributed by atoms with Crippen LogP contribution >= 0.6 is 0 Å². The van der Waals surface area contributed by atoms with Crippen molar-refractivity contribution in [2.75, 3.05) is 19.6 Å². The summed E-state index contributed by atoms with van der Waals surface area (Å²) in [5.74, 6) is -0.177. The summed E-state index contributed by atoms with van der Waals surface area (Å²) in [7, 11) is 0. The summed E-state index contributed by atoms with van der Waals surface area (Å²) in [6, 6.07) is 10.6. The Labute approximate surface area is 137 Å². The topological polar surface area (TPSA) is 58.1 Å². The Balaban J connectivity index is 2.01. The minimum Gasteiger partial charge on any atom is -0.349 e. The van der Waals surface area contributed by atoms with Crippen molar-refractivity contribution in [3.8, 4) is 0 Å². The second kappa shape index (κ2) is 9.00. The molecule has 0 aliphatic rings. The fourth-order valence-electron chi connectivity index (χ4n) is 2.67. The van der Waals surface area contributed by atoms with Gasteiger partial charge in [-0.3, -0.25) is 14.7 Å². The number of carbonyl (C=O) groups excluding carboxylic acids is 1. The molecule has 1 atom stereocenters.